The molecule has 1 unspecified atom stereocenters. The van der Waals surface area contributed by atoms with Crippen LogP contribution in [0.4, 0.5) is 10.1 Å². The Bertz CT molecular complexity index is 419. The summed E-state index contributed by atoms with van der Waals surface area (Å²) in [6.07, 6.45) is 4.02. The topological polar surface area (TPSA) is 23.5 Å². The third-order valence-electron chi connectivity index (χ3n) is 4.21. The predicted octanol–water partition coefficient (Wildman–Crippen LogP) is 3.90. The summed E-state index contributed by atoms with van der Waals surface area (Å²) in [4.78, 5) is 2.12. The number of aliphatic hydroxyl groups excluding tert-OH is 1. The number of para-hydroxylation sites is 1. The van der Waals surface area contributed by atoms with Gasteiger partial charge in [0.15, 0.2) is 0 Å². The van der Waals surface area contributed by atoms with Crippen LogP contribution in [0, 0.1) is 11.7 Å². The molecule has 0 saturated carbocycles. The van der Waals surface area contributed by atoms with Gasteiger partial charge in [-0.3, -0.25) is 0 Å². The summed E-state index contributed by atoms with van der Waals surface area (Å²) < 4.78 is 14.2. The van der Waals surface area contributed by atoms with Crippen LogP contribution in [0.15, 0.2) is 18.2 Å². The van der Waals surface area contributed by atoms with Crippen molar-refractivity contribution >= 4 is 5.69 Å². The average Bonchev–Trinajstić information content (AvgIpc) is 2.63. The molecule has 1 aromatic carbocycles. The molecule has 2 rings (SSSR count). The molecule has 106 valence electrons. The smallest absolute Gasteiger partial charge is 0.146 e. The first kappa shape index (κ1) is 14.3. The highest BCUT2D eigenvalue weighted by Gasteiger charge is 2.22. The summed E-state index contributed by atoms with van der Waals surface area (Å²) >= 11 is 0. The van der Waals surface area contributed by atoms with Crippen molar-refractivity contribution in [1.82, 2.24) is 0 Å². The van der Waals surface area contributed by atoms with Crippen molar-refractivity contribution in [3.8, 4) is 0 Å². The van der Waals surface area contributed by atoms with Crippen molar-refractivity contribution in [2.75, 3.05) is 18.0 Å². The minimum Gasteiger partial charge on any atom is -0.389 e. The Labute approximate surface area is 115 Å². The number of benzene rings is 1. The van der Waals surface area contributed by atoms with Crippen LogP contribution >= 0.6 is 0 Å². The van der Waals surface area contributed by atoms with Gasteiger partial charge in [-0.15, -0.1) is 0 Å². The molecule has 1 aromatic rings. The molecule has 1 heterocycles. The lowest BCUT2D eigenvalue weighted by Gasteiger charge is -2.27. The van der Waals surface area contributed by atoms with Crippen LogP contribution in [0.25, 0.3) is 0 Å². The van der Waals surface area contributed by atoms with E-state index >= 15 is 0 Å². The zero-order valence-corrected chi connectivity index (χ0v) is 11.9. The SMILES string of the molecule is CCC1CCCN(c2c(F)cccc2[C@H](C)O)CC1. The Balaban J connectivity index is 2.25. The van der Waals surface area contributed by atoms with E-state index in [0.717, 1.165) is 31.8 Å². The Kier molecular flexibility index (Phi) is 4.81. The van der Waals surface area contributed by atoms with Crippen molar-refractivity contribution in [1.29, 1.82) is 0 Å². The Morgan fingerprint density at radius 1 is 1.37 bits per heavy atom. The lowest BCUT2D eigenvalue weighted by Crippen LogP contribution is -2.27. The Morgan fingerprint density at radius 3 is 2.84 bits per heavy atom. The molecule has 1 aliphatic heterocycles. The van der Waals surface area contributed by atoms with Gasteiger partial charge in [-0.05, 0) is 38.2 Å². The number of aliphatic hydroxyl groups is 1. The minimum absolute atomic E-state index is 0.214. The van der Waals surface area contributed by atoms with Gasteiger partial charge in [0.25, 0.3) is 0 Å². The summed E-state index contributed by atoms with van der Waals surface area (Å²) in [5.74, 6) is 0.542. The van der Waals surface area contributed by atoms with E-state index in [0.29, 0.717) is 11.3 Å². The zero-order valence-electron chi connectivity index (χ0n) is 11.9. The molecule has 0 radical (unpaired) electrons. The standard InChI is InChI=1S/C16H24FNO/c1-3-13-6-5-10-18(11-9-13)16-14(12(2)19)7-4-8-15(16)17/h4,7-8,12-13,19H,3,5-6,9-11H2,1-2H3/t12-,13?/m0/s1. The normalized spacial score (nSPS) is 22.1. The molecule has 0 spiro atoms. The molecule has 3 heteroatoms. The lowest BCUT2D eigenvalue weighted by molar-refractivity contribution is 0.199. The summed E-state index contributed by atoms with van der Waals surface area (Å²) in [6, 6.07) is 4.99. The van der Waals surface area contributed by atoms with Crippen LogP contribution in [-0.4, -0.2) is 18.2 Å². The maximum absolute atomic E-state index is 14.2. The molecular weight excluding hydrogens is 241 g/mol. The van der Waals surface area contributed by atoms with E-state index < -0.39 is 6.10 Å². The van der Waals surface area contributed by atoms with Gasteiger partial charge < -0.3 is 10.0 Å². The second kappa shape index (κ2) is 6.38. The molecule has 0 aromatic heterocycles. The van der Waals surface area contributed by atoms with E-state index in [4.69, 9.17) is 0 Å². The molecule has 0 aliphatic carbocycles. The molecule has 1 saturated heterocycles. The zero-order chi connectivity index (χ0) is 13.8. The fraction of sp³-hybridized carbons (Fsp3) is 0.625. The molecular formula is C16H24FNO. The monoisotopic (exact) mass is 265 g/mol. The van der Waals surface area contributed by atoms with Crippen LogP contribution in [0.1, 0.15) is 51.2 Å². The van der Waals surface area contributed by atoms with Crippen LogP contribution in [0.2, 0.25) is 0 Å². The van der Waals surface area contributed by atoms with Crippen molar-refractivity contribution in [3.63, 3.8) is 0 Å². The van der Waals surface area contributed by atoms with Gasteiger partial charge in [-0.2, -0.15) is 0 Å². The molecule has 19 heavy (non-hydrogen) atoms. The first-order valence-electron chi connectivity index (χ1n) is 7.35. The number of anilines is 1. The Hall–Kier alpha value is -1.09. The highest BCUT2D eigenvalue weighted by Crippen LogP contribution is 2.32. The van der Waals surface area contributed by atoms with Crippen molar-refractivity contribution in [3.05, 3.63) is 29.6 Å². The maximum Gasteiger partial charge on any atom is 0.146 e. The number of hydrogen-bond donors (Lipinski definition) is 1. The minimum atomic E-state index is -0.629. The number of hydrogen-bond acceptors (Lipinski definition) is 2. The second-order valence-corrected chi connectivity index (χ2v) is 5.55. The first-order chi connectivity index (χ1) is 9.13. The van der Waals surface area contributed by atoms with E-state index in [1.807, 2.05) is 6.07 Å². The highest BCUT2D eigenvalue weighted by atomic mass is 19.1. The average molecular weight is 265 g/mol. The predicted molar refractivity (Wildman–Crippen MR) is 76.9 cm³/mol. The van der Waals surface area contributed by atoms with Gasteiger partial charge in [0.1, 0.15) is 5.82 Å². The van der Waals surface area contributed by atoms with E-state index in [1.54, 1.807) is 13.0 Å². The molecule has 2 atom stereocenters. The summed E-state index contributed by atoms with van der Waals surface area (Å²) in [5, 5.41) is 9.83. The van der Waals surface area contributed by atoms with Gasteiger partial charge >= 0.3 is 0 Å². The van der Waals surface area contributed by atoms with Gasteiger partial charge in [0.05, 0.1) is 11.8 Å². The van der Waals surface area contributed by atoms with Gasteiger partial charge in [-0.1, -0.05) is 25.5 Å². The lowest BCUT2D eigenvalue weighted by atomic mass is 9.98. The quantitative estimate of drug-likeness (QED) is 0.896. The highest BCUT2D eigenvalue weighted by molar-refractivity contribution is 5.55. The van der Waals surface area contributed by atoms with E-state index in [-0.39, 0.29) is 5.82 Å². The van der Waals surface area contributed by atoms with Gasteiger partial charge in [-0.25, -0.2) is 4.39 Å². The maximum atomic E-state index is 14.2. The summed E-state index contributed by atoms with van der Waals surface area (Å²) in [5.41, 5.74) is 1.31. The third kappa shape index (κ3) is 3.27. The van der Waals surface area contributed by atoms with E-state index in [9.17, 15) is 9.50 Å². The third-order valence-corrected chi connectivity index (χ3v) is 4.21. The van der Waals surface area contributed by atoms with Gasteiger partial charge in [0, 0.05) is 18.7 Å². The van der Waals surface area contributed by atoms with Crippen molar-refractivity contribution in [2.45, 2.75) is 45.6 Å². The van der Waals surface area contributed by atoms with Gasteiger partial charge in [0.2, 0.25) is 0 Å². The van der Waals surface area contributed by atoms with Crippen molar-refractivity contribution < 1.29 is 9.50 Å². The fourth-order valence-electron chi connectivity index (χ4n) is 3.00. The molecule has 0 amide bonds. The number of halogens is 1. The molecule has 1 aliphatic rings. The van der Waals surface area contributed by atoms with Crippen LogP contribution in [0.5, 0.6) is 0 Å². The summed E-state index contributed by atoms with van der Waals surface area (Å²) in [7, 11) is 0. The van der Waals surface area contributed by atoms with Crippen molar-refractivity contribution in [2.24, 2.45) is 5.92 Å². The van der Waals surface area contributed by atoms with Crippen LogP contribution in [-0.2, 0) is 0 Å². The summed E-state index contributed by atoms with van der Waals surface area (Å²) in [6.45, 7) is 5.70. The molecule has 0 bridgehead atoms. The van der Waals surface area contributed by atoms with Crippen LogP contribution < -0.4 is 4.90 Å². The van der Waals surface area contributed by atoms with E-state index in [1.165, 1.54) is 18.9 Å². The van der Waals surface area contributed by atoms with Crippen LogP contribution in [0.3, 0.4) is 0 Å². The molecule has 1 fully saturated rings. The number of rotatable bonds is 3. The molecule has 2 nitrogen and oxygen atoms in total. The van der Waals surface area contributed by atoms with E-state index in [2.05, 4.69) is 11.8 Å². The second-order valence-electron chi connectivity index (χ2n) is 5.55. The number of nitrogens with zero attached hydrogens (tertiary/aromatic N) is 1. The Morgan fingerprint density at radius 2 is 2.16 bits per heavy atom. The first-order valence-corrected chi connectivity index (χ1v) is 7.35. The fourth-order valence-corrected chi connectivity index (χ4v) is 3.00. The largest absolute Gasteiger partial charge is 0.389 e. The molecule has 1 N–H and O–H groups in total.